The highest BCUT2D eigenvalue weighted by molar-refractivity contribution is 7.80. The van der Waals surface area contributed by atoms with Crippen LogP contribution in [-0.4, -0.2) is 35.7 Å². The van der Waals surface area contributed by atoms with Gasteiger partial charge in [0.05, 0.1) is 5.41 Å². The van der Waals surface area contributed by atoms with Crippen LogP contribution in [0.1, 0.15) is 39.2 Å². The zero-order valence-electron chi connectivity index (χ0n) is 16.1. The van der Waals surface area contributed by atoms with Crippen molar-refractivity contribution >= 4 is 35.0 Å². The minimum absolute atomic E-state index is 0.0116. The van der Waals surface area contributed by atoms with Crippen molar-refractivity contribution < 1.29 is 23.1 Å². The van der Waals surface area contributed by atoms with Crippen LogP contribution in [0.2, 0.25) is 0 Å². The summed E-state index contributed by atoms with van der Waals surface area (Å²) in [6, 6.07) is 6.06. The molecule has 0 aromatic heterocycles. The lowest BCUT2D eigenvalue weighted by atomic mass is 9.88. The van der Waals surface area contributed by atoms with E-state index in [1.165, 1.54) is 19.2 Å². The standard InChI is InChI=1S/C18H24F2N4O3S/c1-16(2,3)27-15(26)22-12-7-5-6-11(10-12)17(8-9-17)18(19,20)13(25)23-24-14(28)21-4/h5-7,10H,8-9H2,1-4H3,(H,22,26)(H,23,25)(H2,21,24,28). The zero-order chi connectivity index (χ0) is 21.2. The average molecular weight is 414 g/mol. The number of rotatable bonds is 4. The van der Waals surface area contributed by atoms with Crippen molar-refractivity contribution in [3.63, 3.8) is 0 Å². The quantitative estimate of drug-likeness (QED) is 0.447. The minimum atomic E-state index is -3.67. The van der Waals surface area contributed by atoms with E-state index in [9.17, 15) is 18.4 Å². The molecule has 1 aromatic carbocycles. The number of alkyl halides is 2. The van der Waals surface area contributed by atoms with Crippen LogP contribution < -0.4 is 21.5 Å². The summed E-state index contributed by atoms with van der Waals surface area (Å²) in [7, 11) is 1.49. The van der Waals surface area contributed by atoms with Gasteiger partial charge in [-0.25, -0.2) is 4.79 Å². The highest BCUT2D eigenvalue weighted by Gasteiger charge is 2.67. The maximum atomic E-state index is 14.9. The van der Waals surface area contributed by atoms with Gasteiger partial charge in [-0.15, -0.1) is 0 Å². The Bertz CT molecular complexity index is 776. The van der Waals surface area contributed by atoms with Crippen molar-refractivity contribution in [3.8, 4) is 0 Å². The molecule has 0 atom stereocenters. The SMILES string of the molecule is CNC(=S)NNC(=O)C(F)(F)C1(c2cccc(NC(=O)OC(C)(C)C)c2)CC1. The van der Waals surface area contributed by atoms with Crippen molar-refractivity contribution in [2.24, 2.45) is 0 Å². The van der Waals surface area contributed by atoms with Gasteiger partial charge in [0.1, 0.15) is 5.60 Å². The fraction of sp³-hybridized carbons (Fsp3) is 0.500. The molecule has 0 spiro atoms. The molecule has 0 unspecified atom stereocenters. The molecular formula is C18H24F2N4O3S. The first-order chi connectivity index (χ1) is 12.9. The summed E-state index contributed by atoms with van der Waals surface area (Å²) in [4.78, 5) is 24.0. The molecule has 2 amide bonds. The van der Waals surface area contributed by atoms with Gasteiger partial charge in [0.25, 0.3) is 0 Å². The van der Waals surface area contributed by atoms with Crippen LogP contribution in [0.4, 0.5) is 19.3 Å². The van der Waals surface area contributed by atoms with E-state index in [2.05, 4.69) is 16.1 Å². The first kappa shape index (κ1) is 21.8. The minimum Gasteiger partial charge on any atom is -0.444 e. The maximum Gasteiger partial charge on any atom is 0.412 e. The molecular weight excluding hydrogens is 390 g/mol. The molecule has 0 heterocycles. The predicted molar refractivity (Wildman–Crippen MR) is 105 cm³/mol. The molecule has 4 N–H and O–H groups in total. The van der Waals surface area contributed by atoms with Crippen LogP contribution in [-0.2, 0) is 14.9 Å². The highest BCUT2D eigenvalue weighted by Crippen LogP contribution is 2.58. The molecule has 10 heteroatoms. The molecule has 0 aliphatic heterocycles. The number of benzene rings is 1. The number of amides is 2. The smallest absolute Gasteiger partial charge is 0.412 e. The molecule has 154 valence electrons. The molecule has 2 rings (SSSR count). The van der Waals surface area contributed by atoms with E-state index >= 15 is 0 Å². The number of hydrogen-bond donors (Lipinski definition) is 4. The monoisotopic (exact) mass is 414 g/mol. The third-order valence-corrected chi connectivity index (χ3v) is 4.52. The van der Waals surface area contributed by atoms with Gasteiger partial charge < -0.3 is 10.1 Å². The van der Waals surface area contributed by atoms with Gasteiger partial charge in [0.2, 0.25) is 0 Å². The molecule has 0 radical (unpaired) electrons. The molecule has 1 aliphatic rings. The molecule has 0 bridgehead atoms. The summed E-state index contributed by atoms with van der Waals surface area (Å²) in [6.07, 6.45) is -0.414. The van der Waals surface area contributed by atoms with Crippen molar-refractivity contribution in [2.75, 3.05) is 12.4 Å². The van der Waals surface area contributed by atoms with Gasteiger partial charge in [-0.1, -0.05) is 12.1 Å². The number of halogens is 2. The number of carbonyl (C=O) groups excluding carboxylic acids is 2. The average Bonchev–Trinajstić information content (AvgIpc) is 3.40. The van der Waals surface area contributed by atoms with Crippen molar-refractivity contribution in [1.29, 1.82) is 0 Å². The lowest BCUT2D eigenvalue weighted by molar-refractivity contribution is -0.151. The summed E-state index contributed by atoms with van der Waals surface area (Å²) in [5.74, 6) is -5.15. The van der Waals surface area contributed by atoms with Crippen molar-refractivity contribution in [1.82, 2.24) is 16.2 Å². The molecule has 1 aliphatic carbocycles. The zero-order valence-corrected chi connectivity index (χ0v) is 16.9. The Kier molecular flexibility index (Phi) is 6.12. The third kappa shape index (κ3) is 4.86. The number of hydrazine groups is 1. The van der Waals surface area contributed by atoms with Crippen LogP contribution >= 0.6 is 12.2 Å². The van der Waals surface area contributed by atoms with Crippen LogP contribution in [0, 0.1) is 0 Å². The lowest BCUT2D eigenvalue weighted by Gasteiger charge is -2.27. The summed E-state index contributed by atoms with van der Waals surface area (Å²) in [5, 5.41) is 5.04. The second kappa shape index (κ2) is 7.86. The number of hydrogen-bond acceptors (Lipinski definition) is 4. The second-order valence-electron chi connectivity index (χ2n) is 7.52. The Balaban J connectivity index is 2.16. The largest absolute Gasteiger partial charge is 0.444 e. The lowest BCUT2D eigenvalue weighted by Crippen LogP contribution is -2.55. The number of nitrogens with one attached hydrogen (secondary N) is 4. The van der Waals surface area contributed by atoms with E-state index in [0.717, 1.165) is 0 Å². The summed E-state index contributed by atoms with van der Waals surface area (Å²) in [5.41, 5.74) is 2.39. The molecule has 1 fully saturated rings. The summed E-state index contributed by atoms with van der Waals surface area (Å²) >= 11 is 4.76. The van der Waals surface area contributed by atoms with Gasteiger partial charge in [0.15, 0.2) is 5.11 Å². The van der Waals surface area contributed by atoms with Crippen LogP contribution in [0.15, 0.2) is 24.3 Å². The first-order valence-corrected chi connectivity index (χ1v) is 9.09. The molecule has 1 aromatic rings. The van der Waals surface area contributed by atoms with E-state index in [0.29, 0.717) is 5.69 Å². The van der Waals surface area contributed by atoms with Gasteiger partial charge in [-0.05, 0) is 63.5 Å². The van der Waals surface area contributed by atoms with E-state index in [1.807, 2.05) is 5.43 Å². The fourth-order valence-electron chi connectivity index (χ4n) is 2.70. The topological polar surface area (TPSA) is 91.5 Å². The number of ether oxygens (including phenoxy) is 1. The highest BCUT2D eigenvalue weighted by atomic mass is 32.1. The van der Waals surface area contributed by atoms with E-state index in [-0.39, 0.29) is 23.5 Å². The van der Waals surface area contributed by atoms with Gasteiger partial charge in [-0.3, -0.25) is 21.0 Å². The summed E-state index contributed by atoms with van der Waals surface area (Å²) < 4.78 is 34.9. The number of thiocarbonyl (C=S) groups is 1. The second-order valence-corrected chi connectivity index (χ2v) is 7.93. The van der Waals surface area contributed by atoms with E-state index < -0.39 is 28.9 Å². The van der Waals surface area contributed by atoms with Crippen LogP contribution in [0.3, 0.4) is 0 Å². The first-order valence-electron chi connectivity index (χ1n) is 8.68. The Labute approximate surface area is 167 Å². The predicted octanol–water partition coefficient (Wildman–Crippen LogP) is 2.83. The van der Waals surface area contributed by atoms with Crippen molar-refractivity contribution in [2.45, 2.75) is 50.6 Å². The Morgan fingerprint density at radius 1 is 1.18 bits per heavy atom. The Morgan fingerprint density at radius 2 is 1.82 bits per heavy atom. The van der Waals surface area contributed by atoms with Gasteiger partial charge >= 0.3 is 17.9 Å². The fourth-order valence-corrected chi connectivity index (χ4v) is 2.75. The molecule has 0 saturated heterocycles. The van der Waals surface area contributed by atoms with Crippen LogP contribution in [0.25, 0.3) is 0 Å². The molecule has 1 saturated carbocycles. The maximum absolute atomic E-state index is 14.9. The van der Waals surface area contributed by atoms with Crippen molar-refractivity contribution in [3.05, 3.63) is 29.8 Å². The van der Waals surface area contributed by atoms with Gasteiger partial charge in [0, 0.05) is 12.7 Å². The van der Waals surface area contributed by atoms with E-state index in [4.69, 9.17) is 17.0 Å². The Morgan fingerprint density at radius 3 is 2.36 bits per heavy atom. The van der Waals surface area contributed by atoms with E-state index in [1.54, 1.807) is 32.9 Å². The number of anilines is 1. The van der Waals surface area contributed by atoms with Crippen LogP contribution in [0.5, 0.6) is 0 Å². The normalized spacial score (nSPS) is 15.2. The third-order valence-electron chi connectivity index (χ3n) is 4.21. The number of carbonyl (C=O) groups is 2. The Hall–Kier alpha value is -2.49. The molecule has 7 nitrogen and oxygen atoms in total. The summed E-state index contributed by atoms with van der Waals surface area (Å²) in [6.45, 7) is 5.15. The van der Waals surface area contributed by atoms with Gasteiger partial charge in [-0.2, -0.15) is 8.78 Å². The molecule has 28 heavy (non-hydrogen) atoms.